The van der Waals surface area contributed by atoms with Crippen LogP contribution in [0.4, 0.5) is 0 Å². The van der Waals surface area contributed by atoms with E-state index in [4.69, 9.17) is 4.74 Å². The number of para-hydroxylation sites is 2. The molecule has 0 radical (unpaired) electrons. The maximum atomic E-state index is 6.15. The molecule has 0 saturated heterocycles. The Labute approximate surface area is 121 Å². The second kappa shape index (κ2) is 3.85. The number of pyridine rings is 1. The van der Waals surface area contributed by atoms with Crippen LogP contribution in [0.2, 0.25) is 0 Å². The second-order valence-electron chi connectivity index (χ2n) is 5.35. The minimum absolute atomic E-state index is 0.761. The third kappa shape index (κ3) is 1.40. The molecule has 3 heteroatoms. The highest BCUT2D eigenvalue weighted by Gasteiger charge is 2.23. The molecule has 100 valence electrons. The molecule has 1 aliphatic rings. The molecule has 0 atom stereocenters. The third-order valence-electron chi connectivity index (χ3n) is 4.16. The molecule has 4 aromatic rings. The van der Waals surface area contributed by atoms with Gasteiger partial charge in [0.15, 0.2) is 11.9 Å². The van der Waals surface area contributed by atoms with Crippen molar-refractivity contribution in [3.8, 4) is 11.6 Å². The number of nitrogens with zero attached hydrogens (tertiary/aromatic N) is 2. The summed E-state index contributed by atoms with van der Waals surface area (Å²) in [7, 11) is 0. The van der Waals surface area contributed by atoms with E-state index in [1.165, 1.54) is 21.8 Å². The number of hydrogen-bond donors (Lipinski definition) is 0. The van der Waals surface area contributed by atoms with Gasteiger partial charge in [0, 0.05) is 16.8 Å². The molecule has 2 aromatic carbocycles. The molecule has 0 unspecified atom stereocenters. The van der Waals surface area contributed by atoms with Crippen LogP contribution >= 0.6 is 0 Å². The van der Waals surface area contributed by atoms with Crippen molar-refractivity contribution >= 4 is 21.8 Å². The molecule has 0 spiro atoms. The van der Waals surface area contributed by atoms with Crippen molar-refractivity contribution in [1.29, 1.82) is 0 Å². The van der Waals surface area contributed by atoms with E-state index in [-0.39, 0.29) is 0 Å². The lowest BCUT2D eigenvalue weighted by atomic mass is 10.1. The van der Waals surface area contributed by atoms with E-state index in [1.54, 1.807) is 0 Å². The molecule has 5 rings (SSSR count). The molecule has 0 aliphatic carbocycles. The average Bonchev–Trinajstić information content (AvgIpc) is 2.74. The van der Waals surface area contributed by atoms with Crippen LogP contribution < -0.4 is 9.30 Å². The SMILES string of the molecule is c1cc[n+]2c(c1)Oc1cccc3c4ccccc4n(c13)C2. The number of fused-ring (bicyclic) bond motifs is 4. The predicted octanol–water partition coefficient (Wildman–Crippen LogP) is 3.69. The summed E-state index contributed by atoms with van der Waals surface area (Å²) in [5, 5.41) is 2.52. The minimum atomic E-state index is 0.761. The smallest absolute Gasteiger partial charge is 0.374 e. The Morgan fingerprint density at radius 3 is 2.71 bits per heavy atom. The lowest BCUT2D eigenvalue weighted by Gasteiger charge is -2.01. The van der Waals surface area contributed by atoms with Crippen molar-refractivity contribution in [2.45, 2.75) is 6.67 Å². The van der Waals surface area contributed by atoms with E-state index in [2.05, 4.69) is 51.7 Å². The van der Waals surface area contributed by atoms with Crippen LogP contribution in [0.3, 0.4) is 0 Å². The topological polar surface area (TPSA) is 18.0 Å². The van der Waals surface area contributed by atoms with Crippen LogP contribution in [0, 0.1) is 0 Å². The number of benzene rings is 2. The zero-order chi connectivity index (χ0) is 13.8. The third-order valence-corrected chi connectivity index (χ3v) is 4.16. The summed E-state index contributed by atoms with van der Waals surface area (Å²) >= 11 is 0. The molecule has 0 N–H and O–H groups in total. The van der Waals surface area contributed by atoms with Gasteiger partial charge >= 0.3 is 5.88 Å². The van der Waals surface area contributed by atoms with Crippen LogP contribution in [0.25, 0.3) is 21.8 Å². The standard InChI is InChI=1S/C18H13N2O/c1-2-8-15-13(6-1)14-7-5-9-16-18(14)20(15)12-19-11-4-3-10-17(19)21-16/h1-11H,12H2/q+1. The van der Waals surface area contributed by atoms with Gasteiger partial charge in [-0.1, -0.05) is 30.3 Å². The Morgan fingerprint density at radius 1 is 0.857 bits per heavy atom. The summed E-state index contributed by atoms with van der Waals surface area (Å²) in [5.41, 5.74) is 2.41. The minimum Gasteiger partial charge on any atom is -0.403 e. The lowest BCUT2D eigenvalue weighted by Crippen LogP contribution is -2.36. The van der Waals surface area contributed by atoms with E-state index >= 15 is 0 Å². The fraction of sp³-hybridized carbons (Fsp3) is 0.0556. The van der Waals surface area contributed by atoms with Crippen LogP contribution in [-0.2, 0) is 6.67 Å². The maximum absolute atomic E-state index is 6.15. The van der Waals surface area contributed by atoms with Gasteiger partial charge in [-0.15, -0.1) is 4.57 Å². The summed E-state index contributed by atoms with van der Waals surface area (Å²) in [4.78, 5) is 0. The molecule has 3 heterocycles. The summed E-state index contributed by atoms with van der Waals surface area (Å²) in [5.74, 6) is 1.79. The van der Waals surface area contributed by atoms with Crippen LogP contribution in [0.15, 0.2) is 66.9 Å². The van der Waals surface area contributed by atoms with Crippen molar-refractivity contribution in [2.75, 3.05) is 0 Å². The van der Waals surface area contributed by atoms with Gasteiger partial charge in [0.05, 0.1) is 17.1 Å². The molecule has 21 heavy (non-hydrogen) atoms. The quantitative estimate of drug-likeness (QED) is 0.393. The fourth-order valence-corrected chi connectivity index (χ4v) is 3.24. The highest BCUT2D eigenvalue weighted by atomic mass is 16.5. The monoisotopic (exact) mass is 273 g/mol. The van der Waals surface area contributed by atoms with Crippen molar-refractivity contribution in [3.63, 3.8) is 0 Å². The van der Waals surface area contributed by atoms with Gasteiger partial charge in [0.25, 0.3) is 0 Å². The molecular weight excluding hydrogens is 260 g/mol. The molecule has 0 saturated carbocycles. The largest absolute Gasteiger partial charge is 0.403 e. The van der Waals surface area contributed by atoms with Crippen LogP contribution in [0.5, 0.6) is 11.6 Å². The van der Waals surface area contributed by atoms with Crippen LogP contribution in [-0.4, -0.2) is 4.57 Å². The first-order valence-electron chi connectivity index (χ1n) is 7.08. The molecule has 0 amide bonds. The Balaban J connectivity index is 1.97. The first-order valence-corrected chi connectivity index (χ1v) is 7.08. The van der Waals surface area contributed by atoms with E-state index in [9.17, 15) is 0 Å². The number of aromatic nitrogens is 2. The number of hydrogen-bond acceptors (Lipinski definition) is 1. The first kappa shape index (κ1) is 10.9. The molecular formula is C18H13N2O+. The average molecular weight is 273 g/mol. The molecule has 3 nitrogen and oxygen atoms in total. The zero-order valence-electron chi connectivity index (χ0n) is 11.4. The van der Waals surface area contributed by atoms with Crippen molar-refractivity contribution in [1.82, 2.24) is 4.57 Å². The van der Waals surface area contributed by atoms with Gasteiger partial charge in [0.1, 0.15) is 0 Å². The highest BCUT2D eigenvalue weighted by molar-refractivity contribution is 6.10. The van der Waals surface area contributed by atoms with Gasteiger partial charge in [-0.05, 0) is 18.2 Å². The van der Waals surface area contributed by atoms with Gasteiger partial charge in [-0.2, -0.15) is 0 Å². The van der Waals surface area contributed by atoms with Crippen molar-refractivity contribution < 1.29 is 9.30 Å². The van der Waals surface area contributed by atoms with E-state index in [0.29, 0.717) is 0 Å². The Hall–Kier alpha value is -2.81. The highest BCUT2D eigenvalue weighted by Crippen LogP contribution is 2.37. The second-order valence-corrected chi connectivity index (χ2v) is 5.35. The van der Waals surface area contributed by atoms with Crippen molar-refractivity contribution in [3.05, 3.63) is 66.9 Å². The van der Waals surface area contributed by atoms with Gasteiger partial charge < -0.3 is 4.74 Å². The Morgan fingerprint density at radius 2 is 1.71 bits per heavy atom. The summed E-state index contributed by atoms with van der Waals surface area (Å²) in [6.07, 6.45) is 2.06. The van der Waals surface area contributed by atoms with Crippen molar-refractivity contribution in [2.24, 2.45) is 0 Å². The first-order chi connectivity index (χ1) is 10.4. The van der Waals surface area contributed by atoms with Gasteiger partial charge in [-0.25, -0.2) is 0 Å². The predicted molar refractivity (Wildman–Crippen MR) is 81.6 cm³/mol. The van der Waals surface area contributed by atoms with E-state index in [0.717, 1.165) is 18.3 Å². The fourth-order valence-electron chi connectivity index (χ4n) is 3.24. The van der Waals surface area contributed by atoms with Crippen LogP contribution in [0.1, 0.15) is 0 Å². The zero-order valence-corrected chi connectivity index (χ0v) is 11.4. The van der Waals surface area contributed by atoms with E-state index < -0.39 is 0 Å². The summed E-state index contributed by atoms with van der Waals surface area (Å²) in [6, 6.07) is 20.8. The number of ether oxygens (including phenoxy) is 1. The molecule has 0 bridgehead atoms. The van der Waals surface area contributed by atoms with Gasteiger partial charge in [-0.3, -0.25) is 4.57 Å². The molecule has 0 fully saturated rings. The van der Waals surface area contributed by atoms with Gasteiger partial charge in [0.2, 0.25) is 6.67 Å². The summed E-state index contributed by atoms with van der Waals surface area (Å²) in [6.45, 7) is 0.761. The maximum Gasteiger partial charge on any atom is 0.374 e. The summed E-state index contributed by atoms with van der Waals surface area (Å²) < 4.78 is 10.6. The van der Waals surface area contributed by atoms with E-state index in [1.807, 2.05) is 24.3 Å². The lowest BCUT2D eigenvalue weighted by molar-refractivity contribution is -0.703. The number of rotatable bonds is 0. The Bertz CT molecular complexity index is 1000. The molecule has 1 aliphatic heterocycles. The molecule has 2 aromatic heterocycles. The Kier molecular flexibility index (Phi) is 2.00. The normalized spacial score (nSPS) is 13.0.